The Morgan fingerprint density at radius 2 is 2.00 bits per heavy atom. The molecular weight excluding hydrogens is 214 g/mol. The van der Waals surface area contributed by atoms with Crippen LogP contribution in [0.5, 0.6) is 0 Å². The molecule has 2 rings (SSSR count). The standard InChI is InChI=1S/C11H13NO2.ClH/c13-11(14)10-6-9(7-12-10)8-4-2-1-3-5-8;/h1-5,9-10,12H,6-7H2,(H,13,14);1H/t9-,10+;/m1./s1. The number of carboxylic acids is 1. The average Bonchev–Trinajstić information content (AvgIpc) is 2.68. The molecule has 2 atom stereocenters. The Balaban J connectivity index is 0.00000112. The van der Waals surface area contributed by atoms with Crippen molar-refractivity contribution in [3.8, 4) is 0 Å². The summed E-state index contributed by atoms with van der Waals surface area (Å²) in [6, 6.07) is 9.68. The molecule has 0 amide bonds. The van der Waals surface area contributed by atoms with Gasteiger partial charge in [-0.25, -0.2) is 0 Å². The van der Waals surface area contributed by atoms with Crippen LogP contribution in [0.3, 0.4) is 0 Å². The number of hydrogen-bond donors (Lipinski definition) is 2. The fourth-order valence-corrected chi connectivity index (χ4v) is 1.90. The first-order chi connectivity index (χ1) is 6.77. The van der Waals surface area contributed by atoms with E-state index in [4.69, 9.17) is 5.11 Å². The van der Waals surface area contributed by atoms with Crippen LogP contribution in [0.25, 0.3) is 0 Å². The second kappa shape index (κ2) is 5.14. The number of nitrogens with one attached hydrogen (secondary N) is 1. The number of carbonyl (C=O) groups is 1. The molecule has 0 spiro atoms. The Labute approximate surface area is 94.9 Å². The van der Waals surface area contributed by atoms with Crippen LogP contribution in [0.2, 0.25) is 0 Å². The largest absolute Gasteiger partial charge is 0.480 e. The molecule has 0 saturated carbocycles. The van der Waals surface area contributed by atoms with Crippen molar-refractivity contribution in [1.82, 2.24) is 5.32 Å². The zero-order valence-corrected chi connectivity index (χ0v) is 9.04. The Morgan fingerprint density at radius 1 is 1.33 bits per heavy atom. The first-order valence-corrected chi connectivity index (χ1v) is 4.78. The van der Waals surface area contributed by atoms with Gasteiger partial charge in [0.25, 0.3) is 0 Å². The van der Waals surface area contributed by atoms with Crippen LogP contribution in [0.1, 0.15) is 17.9 Å². The third kappa shape index (κ3) is 2.70. The number of hydrogen-bond acceptors (Lipinski definition) is 2. The lowest BCUT2D eigenvalue weighted by Gasteiger charge is -2.07. The van der Waals surface area contributed by atoms with E-state index in [-0.39, 0.29) is 18.4 Å². The van der Waals surface area contributed by atoms with Gasteiger partial charge in [-0.2, -0.15) is 0 Å². The molecule has 82 valence electrons. The van der Waals surface area contributed by atoms with Crippen molar-refractivity contribution in [3.63, 3.8) is 0 Å². The summed E-state index contributed by atoms with van der Waals surface area (Å²) < 4.78 is 0. The predicted molar refractivity (Wildman–Crippen MR) is 60.5 cm³/mol. The Hall–Kier alpha value is -1.06. The van der Waals surface area contributed by atoms with Gasteiger partial charge in [0, 0.05) is 6.54 Å². The van der Waals surface area contributed by atoms with Gasteiger partial charge in [0.1, 0.15) is 6.04 Å². The molecule has 1 aromatic carbocycles. The van der Waals surface area contributed by atoms with Gasteiger partial charge in [-0.05, 0) is 17.9 Å². The van der Waals surface area contributed by atoms with E-state index in [2.05, 4.69) is 17.4 Å². The first kappa shape index (κ1) is 12.0. The highest BCUT2D eigenvalue weighted by Crippen LogP contribution is 2.25. The minimum absolute atomic E-state index is 0. The summed E-state index contributed by atoms with van der Waals surface area (Å²) in [5, 5.41) is 11.8. The van der Waals surface area contributed by atoms with Crippen molar-refractivity contribution in [2.75, 3.05) is 6.54 Å². The quantitative estimate of drug-likeness (QED) is 0.808. The minimum Gasteiger partial charge on any atom is -0.480 e. The van der Waals surface area contributed by atoms with Gasteiger partial charge in [0.2, 0.25) is 0 Å². The van der Waals surface area contributed by atoms with E-state index in [1.807, 2.05) is 18.2 Å². The monoisotopic (exact) mass is 227 g/mol. The molecule has 1 aromatic rings. The number of rotatable bonds is 2. The summed E-state index contributed by atoms with van der Waals surface area (Å²) in [6.45, 7) is 0.765. The number of halogens is 1. The molecule has 0 bridgehead atoms. The Kier molecular flexibility index (Phi) is 4.12. The lowest BCUT2D eigenvalue weighted by Crippen LogP contribution is -2.29. The van der Waals surface area contributed by atoms with Gasteiger partial charge in [-0.15, -0.1) is 12.4 Å². The average molecular weight is 228 g/mol. The van der Waals surface area contributed by atoms with Gasteiger partial charge >= 0.3 is 5.97 Å². The molecule has 3 nitrogen and oxygen atoms in total. The molecule has 1 aliphatic heterocycles. The number of aliphatic carboxylic acids is 1. The highest BCUT2D eigenvalue weighted by Gasteiger charge is 2.29. The van der Waals surface area contributed by atoms with Gasteiger partial charge in [-0.1, -0.05) is 30.3 Å². The van der Waals surface area contributed by atoms with Crippen LogP contribution in [0, 0.1) is 0 Å². The van der Waals surface area contributed by atoms with E-state index in [0.29, 0.717) is 12.3 Å². The first-order valence-electron chi connectivity index (χ1n) is 4.78. The van der Waals surface area contributed by atoms with Crippen molar-refractivity contribution >= 4 is 18.4 Å². The molecule has 2 N–H and O–H groups in total. The minimum atomic E-state index is -0.747. The Morgan fingerprint density at radius 3 is 2.53 bits per heavy atom. The molecule has 0 unspecified atom stereocenters. The Bertz CT molecular complexity index is 329. The van der Waals surface area contributed by atoms with E-state index in [0.717, 1.165) is 6.54 Å². The second-order valence-corrected chi connectivity index (χ2v) is 3.64. The maximum Gasteiger partial charge on any atom is 0.320 e. The summed E-state index contributed by atoms with van der Waals surface area (Å²) >= 11 is 0. The van der Waals surface area contributed by atoms with E-state index in [1.165, 1.54) is 5.56 Å². The SMILES string of the molecule is Cl.O=C(O)[C@@H]1C[C@@H](c2ccccc2)CN1. The topological polar surface area (TPSA) is 49.3 Å². The van der Waals surface area contributed by atoms with Crippen molar-refractivity contribution in [2.45, 2.75) is 18.4 Å². The van der Waals surface area contributed by atoms with Crippen molar-refractivity contribution < 1.29 is 9.90 Å². The molecule has 1 aliphatic rings. The van der Waals surface area contributed by atoms with Crippen LogP contribution in [-0.2, 0) is 4.79 Å². The molecule has 0 aromatic heterocycles. The molecule has 0 aliphatic carbocycles. The number of carboxylic acid groups (broad SMARTS) is 1. The maximum absolute atomic E-state index is 10.7. The molecule has 1 fully saturated rings. The third-order valence-corrected chi connectivity index (χ3v) is 2.70. The van der Waals surface area contributed by atoms with Gasteiger partial charge in [-0.3, -0.25) is 4.79 Å². The maximum atomic E-state index is 10.7. The van der Waals surface area contributed by atoms with E-state index < -0.39 is 5.97 Å². The molecule has 0 radical (unpaired) electrons. The van der Waals surface area contributed by atoms with Crippen molar-refractivity contribution in [1.29, 1.82) is 0 Å². The van der Waals surface area contributed by atoms with Gasteiger partial charge in [0.05, 0.1) is 0 Å². The van der Waals surface area contributed by atoms with Gasteiger partial charge < -0.3 is 10.4 Å². The fraction of sp³-hybridized carbons (Fsp3) is 0.364. The highest BCUT2D eigenvalue weighted by atomic mass is 35.5. The molecule has 15 heavy (non-hydrogen) atoms. The lowest BCUT2D eigenvalue weighted by molar-refractivity contribution is -0.139. The third-order valence-electron chi connectivity index (χ3n) is 2.70. The van der Waals surface area contributed by atoms with Crippen LogP contribution in [0.15, 0.2) is 30.3 Å². The lowest BCUT2D eigenvalue weighted by atomic mass is 9.96. The molecule has 1 heterocycles. The molecule has 1 saturated heterocycles. The predicted octanol–water partition coefficient (Wildman–Crippen LogP) is 1.64. The van der Waals surface area contributed by atoms with Crippen LogP contribution in [-0.4, -0.2) is 23.7 Å². The zero-order chi connectivity index (χ0) is 9.97. The summed E-state index contributed by atoms with van der Waals surface area (Å²) in [5.41, 5.74) is 1.23. The van der Waals surface area contributed by atoms with E-state index in [9.17, 15) is 4.79 Å². The van der Waals surface area contributed by atoms with Crippen LogP contribution < -0.4 is 5.32 Å². The van der Waals surface area contributed by atoms with Gasteiger partial charge in [0.15, 0.2) is 0 Å². The normalized spacial score (nSPS) is 24.5. The summed E-state index contributed by atoms with van der Waals surface area (Å²) in [4.78, 5) is 10.7. The van der Waals surface area contributed by atoms with Crippen molar-refractivity contribution in [2.24, 2.45) is 0 Å². The van der Waals surface area contributed by atoms with Crippen LogP contribution >= 0.6 is 12.4 Å². The highest BCUT2D eigenvalue weighted by molar-refractivity contribution is 5.85. The smallest absolute Gasteiger partial charge is 0.320 e. The summed E-state index contributed by atoms with van der Waals surface area (Å²) in [5.74, 6) is -0.402. The fourth-order valence-electron chi connectivity index (χ4n) is 1.90. The van der Waals surface area contributed by atoms with Crippen molar-refractivity contribution in [3.05, 3.63) is 35.9 Å². The second-order valence-electron chi connectivity index (χ2n) is 3.64. The summed E-state index contributed by atoms with van der Waals surface area (Å²) in [7, 11) is 0. The van der Waals surface area contributed by atoms with E-state index >= 15 is 0 Å². The summed E-state index contributed by atoms with van der Waals surface area (Å²) in [6.07, 6.45) is 0.694. The number of benzene rings is 1. The van der Waals surface area contributed by atoms with Crippen LogP contribution in [0.4, 0.5) is 0 Å². The molecule has 4 heteroatoms. The zero-order valence-electron chi connectivity index (χ0n) is 8.22. The van der Waals surface area contributed by atoms with E-state index in [1.54, 1.807) is 0 Å². The molecular formula is C11H14ClNO2.